The van der Waals surface area contributed by atoms with Gasteiger partial charge in [0.05, 0.1) is 42.0 Å². The van der Waals surface area contributed by atoms with Crippen molar-refractivity contribution < 1.29 is 29.6 Å². The number of nitrogens with one attached hydrogen (secondary N) is 1. The number of aryl methyl sites for hydroxylation is 1. The lowest BCUT2D eigenvalue weighted by Gasteiger charge is -2.39. The molecule has 1 spiro atoms. The van der Waals surface area contributed by atoms with Gasteiger partial charge in [-0.2, -0.15) is 0 Å². The summed E-state index contributed by atoms with van der Waals surface area (Å²) in [7, 11) is 0. The molecule has 2 aromatic carbocycles. The van der Waals surface area contributed by atoms with Gasteiger partial charge in [0.1, 0.15) is 18.0 Å². The van der Waals surface area contributed by atoms with Crippen molar-refractivity contribution in [2.45, 2.75) is 128 Å². The molecule has 0 saturated heterocycles. The van der Waals surface area contributed by atoms with E-state index in [4.69, 9.17) is 20.2 Å². The number of nitrogens with zero attached hydrogens (tertiary/aromatic N) is 2. The summed E-state index contributed by atoms with van der Waals surface area (Å²) in [6.07, 6.45) is 17.4. The summed E-state index contributed by atoms with van der Waals surface area (Å²) in [5, 5.41) is 37.9. The highest BCUT2D eigenvalue weighted by Gasteiger charge is 2.49. The van der Waals surface area contributed by atoms with Crippen molar-refractivity contribution in [2.75, 3.05) is 13.1 Å². The quantitative estimate of drug-likeness (QED) is 0.103. The van der Waals surface area contributed by atoms with Crippen molar-refractivity contribution in [3.05, 3.63) is 93.8 Å². The van der Waals surface area contributed by atoms with E-state index >= 15 is 0 Å². The highest BCUT2D eigenvalue weighted by atomic mass is 16.5. The molecule has 61 heavy (non-hydrogen) atoms. The molecule has 10 heteroatoms. The monoisotopic (exact) mass is 824 g/mol. The van der Waals surface area contributed by atoms with Crippen LogP contribution >= 0.6 is 0 Å². The molecule has 9 rings (SSSR count). The maximum atomic E-state index is 14.0. The molecule has 6 N–H and O–H groups in total. The minimum absolute atomic E-state index is 0.00672. The number of ketones is 1. The SMILES string of the molecule is CCCCC[C@H](C(=O)CCc1ccc2c(c1)O[C@H]1[C@@H](C#C[C@H](O)c3ccc4c(c3CC3=CN=C5CN1C=C35)CCN[C@@H]4N)C1(C#CO2)CCCC1)[C@H](O)[C@H]1C=C[C@@H](C)C[C@H]1O. The van der Waals surface area contributed by atoms with Gasteiger partial charge >= 0.3 is 0 Å². The molecular formula is C51H60N4O6. The van der Waals surface area contributed by atoms with Crippen LogP contribution in [0.4, 0.5) is 0 Å². The lowest BCUT2D eigenvalue weighted by Crippen LogP contribution is -2.47. The zero-order valence-corrected chi connectivity index (χ0v) is 35.5. The number of carbonyl (C=O) groups is 1. The second-order valence-corrected chi connectivity index (χ2v) is 18.5. The fraction of sp³-hybridized carbons (Fsp3) is 0.529. The average Bonchev–Trinajstić information content (AvgIpc) is 4.00. The van der Waals surface area contributed by atoms with Crippen molar-refractivity contribution in [2.24, 2.45) is 39.8 Å². The Balaban J connectivity index is 1.04. The summed E-state index contributed by atoms with van der Waals surface area (Å²) >= 11 is 0. The topological polar surface area (TPSA) is 150 Å². The Bertz CT molecular complexity index is 2280. The minimum atomic E-state index is -1.03. The van der Waals surface area contributed by atoms with Crippen molar-refractivity contribution in [3.63, 3.8) is 0 Å². The number of nitrogens with two attached hydrogens (primary N) is 1. The number of hydrogen-bond donors (Lipinski definition) is 5. The van der Waals surface area contributed by atoms with Gasteiger partial charge in [-0.25, -0.2) is 0 Å². The average molecular weight is 825 g/mol. The smallest absolute Gasteiger partial charge is 0.187 e. The number of ether oxygens (including phenoxy) is 2. The fourth-order valence-electron chi connectivity index (χ4n) is 10.9. The van der Waals surface area contributed by atoms with Gasteiger partial charge in [0.15, 0.2) is 17.7 Å². The number of benzene rings is 2. The van der Waals surface area contributed by atoms with Crippen LogP contribution in [0, 0.1) is 53.0 Å². The lowest BCUT2D eigenvalue weighted by molar-refractivity contribution is -0.129. The zero-order valence-electron chi connectivity index (χ0n) is 35.5. The molecule has 0 aromatic heterocycles. The number of aliphatic hydroxyl groups is 3. The maximum Gasteiger partial charge on any atom is 0.187 e. The molecule has 0 unspecified atom stereocenters. The molecule has 2 bridgehead atoms. The number of allylic oxidation sites excluding steroid dienone is 2. The van der Waals surface area contributed by atoms with Crippen LogP contribution in [-0.2, 0) is 24.1 Å². The van der Waals surface area contributed by atoms with E-state index in [-0.39, 0.29) is 24.3 Å². The van der Waals surface area contributed by atoms with Crippen molar-refractivity contribution in [1.82, 2.24) is 10.2 Å². The molecule has 5 heterocycles. The summed E-state index contributed by atoms with van der Waals surface area (Å²) in [6, 6.07) is 9.80. The number of hydrogen-bond acceptors (Lipinski definition) is 10. The number of aliphatic hydroxyl groups excluding tert-OH is 3. The number of unbranched alkanes of at least 4 members (excludes halogenated alkanes) is 2. The second kappa shape index (κ2) is 17.6. The normalized spacial score (nSPS) is 28.9. The Kier molecular flexibility index (Phi) is 12.0. The number of aliphatic imine (C=N–C) groups is 1. The summed E-state index contributed by atoms with van der Waals surface area (Å²) in [5.41, 5.74) is 14.1. The molecule has 10 nitrogen and oxygen atoms in total. The molecule has 2 aromatic rings. The van der Waals surface area contributed by atoms with Crippen LogP contribution in [0.15, 0.2) is 71.0 Å². The molecule has 1 saturated carbocycles. The summed E-state index contributed by atoms with van der Waals surface area (Å²) < 4.78 is 13.4. The van der Waals surface area contributed by atoms with E-state index in [9.17, 15) is 20.1 Å². The third-order valence-corrected chi connectivity index (χ3v) is 14.4. The molecule has 2 aliphatic carbocycles. The van der Waals surface area contributed by atoms with Gasteiger partial charge in [0, 0.05) is 49.2 Å². The first-order valence-electron chi connectivity index (χ1n) is 22.7. The number of rotatable bonds is 10. The number of fused-ring (bicyclic) bond motifs is 8. The van der Waals surface area contributed by atoms with Gasteiger partial charge in [-0.3, -0.25) is 15.1 Å². The van der Waals surface area contributed by atoms with Gasteiger partial charge in [-0.05, 0) is 90.0 Å². The van der Waals surface area contributed by atoms with E-state index in [1.54, 1.807) is 0 Å². The van der Waals surface area contributed by atoms with Gasteiger partial charge in [-0.15, -0.1) is 0 Å². The molecule has 5 aliphatic heterocycles. The third-order valence-electron chi connectivity index (χ3n) is 14.4. The first kappa shape index (κ1) is 41.7. The Morgan fingerprint density at radius 3 is 2.74 bits per heavy atom. The van der Waals surface area contributed by atoms with Crippen LogP contribution < -0.4 is 20.5 Å². The van der Waals surface area contributed by atoms with Crippen molar-refractivity contribution in [1.29, 1.82) is 0 Å². The summed E-state index contributed by atoms with van der Waals surface area (Å²) in [5.74, 6) is 10.3. The Morgan fingerprint density at radius 1 is 1.08 bits per heavy atom. The Morgan fingerprint density at radius 2 is 1.92 bits per heavy atom. The standard InChI is InChI=1S/C51H60N4O6/c1-3-4-5-8-37(48(59)38-12-9-31(2)25-45(38)58)44(57)16-10-32-11-18-46-47(26-32)61-50-41(51(22-24-60-46)20-6-7-21-51)15-17-43(56)35-13-14-36-34(19-23-53-49(36)52)39(35)27-33-28-54-42-30-55(50)29-40(33)42/h9,11-14,18,26,28-29,31,37-38,41,43,45,48-50,53,56,58-59H,3-8,10,16,19-21,23,25,27,30,52H2,1-2H3/t31-,37-,38+,41-,43+,45-,48+,49+,50+/m1/s1. The van der Waals surface area contributed by atoms with Crippen LogP contribution in [0.3, 0.4) is 0 Å². The van der Waals surface area contributed by atoms with Crippen molar-refractivity contribution >= 4 is 11.5 Å². The van der Waals surface area contributed by atoms with E-state index in [1.807, 2.05) is 48.7 Å². The third kappa shape index (κ3) is 8.22. The van der Waals surface area contributed by atoms with Gasteiger partial charge in [0.2, 0.25) is 0 Å². The van der Waals surface area contributed by atoms with Gasteiger partial charge in [0.25, 0.3) is 0 Å². The van der Waals surface area contributed by atoms with E-state index in [0.717, 1.165) is 97.0 Å². The van der Waals surface area contributed by atoms with E-state index in [0.29, 0.717) is 43.7 Å². The molecule has 320 valence electrons. The second-order valence-electron chi connectivity index (χ2n) is 18.5. The maximum absolute atomic E-state index is 14.0. The predicted molar refractivity (Wildman–Crippen MR) is 235 cm³/mol. The fourth-order valence-corrected chi connectivity index (χ4v) is 10.9. The Hall–Kier alpha value is -4.68. The molecule has 0 radical (unpaired) electrons. The molecule has 9 atom stereocenters. The Labute approximate surface area is 360 Å². The first-order valence-corrected chi connectivity index (χ1v) is 22.7. The van der Waals surface area contributed by atoms with Crippen LogP contribution in [0.5, 0.6) is 11.5 Å². The summed E-state index contributed by atoms with van der Waals surface area (Å²) in [6.45, 7) is 5.48. The van der Waals surface area contributed by atoms with E-state index in [2.05, 4.69) is 54.1 Å². The van der Waals surface area contributed by atoms with Crippen LogP contribution in [0.25, 0.3) is 0 Å². The minimum Gasteiger partial charge on any atom is -0.465 e. The molecule has 7 aliphatic rings. The van der Waals surface area contributed by atoms with E-state index < -0.39 is 47.7 Å². The molecular weight excluding hydrogens is 765 g/mol. The van der Waals surface area contributed by atoms with Gasteiger partial charge in [-0.1, -0.05) is 94.1 Å². The van der Waals surface area contributed by atoms with Gasteiger partial charge < -0.3 is 35.4 Å². The summed E-state index contributed by atoms with van der Waals surface area (Å²) in [4.78, 5) is 21.2. The highest BCUT2D eigenvalue weighted by Crippen LogP contribution is 2.49. The van der Waals surface area contributed by atoms with Crippen LogP contribution in [-0.4, -0.2) is 63.2 Å². The molecule has 1 fully saturated rings. The predicted octanol–water partition coefficient (Wildman–Crippen LogP) is 6.49. The number of carbonyl (C=O) groups excluding carboxylic acids is 1. The van der Waals surface area contributed by atoms with E-state index in [1.165, 1.54) is 5.56 Å². The lowest BCUT2D eigenvalue weighted by atomic mass is 9.73. The number of Topliss-reactive ketones (excluding diaryl/α,β-unsaturated/α-hetero) is 1. The first-order chi connectivity index (χ1) is 29.6. The highest BCUT2D eigenvalue weighted by molar-refractivity contribution is 6.09. The van der Waals surface area contributed by atoms with Crippen molar-refractivity contribution in [3.8, 4) is 35.4 Å². The van der Waals surface area contributed by atoms with Crippen LogP contribution in [0.1, 0.15) is 118 Å². The molecule has 0 amide bonds. The zero-order chi connectivity index (χ0) is 42.3. The largest absolute Gasteiger partial charge is 0.465 e. The van der Waals surface area contributed by atoms with Crippen LogP contribution in [0.2, 0.25) is 0 Å².